The molecule has 140 valence electrons. The topological polar surface area (TPSA) is 84.3 Å². The first-order chi connectivity index (χ1) is 12.3. The molecule has 2 heterocycles. The smallest absolute Gasteiger partial charge is 0.238 e. The molecule has 1 saturated heterocycles. The fraction of sp³-hybridized carbons (Fsp3) is 0.444. The van der Waals surface area contributed by atoms with Crippen LogP contribution >= 0.6 is 0 Å². The highest BCUT2D eigenvalue weighted by atomic mass is 32.2. The van der Waals surface area contributed by atoms with E-state index in [-0.39, 0.29) is 30.0 Å². The molecule has 8 heteroatoms. The zero-order valence-electron chi connectivity index (χ0n) is 15.1. The van der Waals surface area contributed by atoms with Gasteiger partial charge < -0.3 is 5.32 Å². The fourth-order valence-corrected chi connectivity index (χ4v) is 4.95. The lowest BCUT2D eigenvalue weighted by molar-refractivity contribution is -0.117. The molecule has 1 amide bonds. The quantitative estimate of drug-likeness (QED) is 0.823. The molecule has 0 radical (unpaired) electrons. The summed E-state index contributed by atoms with van der Waals surface area (Å²) in [6.07, 6.45) is 2.18. The number of nitrogens with one attached hydrogen (secondary N) is 1. The van der Waals surface area contributed by atoms with Gasteiger partial charge in [0.15, 0.2) is 9.84 Å². The van der Waals surface area contributed by atoms with Crippen LogP contribution in [0, 0.1) is 6.92 Å². The van der Waals surface area contributed by atoms with Crippen LogP contribution in [0.4, 0.5) is 5.69 Å². The van der Waals surface area contributed by atoms with E-state index in [1.165, 1.54) is 0 Å². The first-order valence-electron chi connectivity index (χ1n) is 8.61. The van der Waals surface area contributed by atoms with Crippen molar-refractivity contribution in [2.75, 3.05) is 23.4 Å². The lowest BCUT2D eigenvalue weighted by Crippen LogP contribution is -2.41. The number of benzene rings is 1. The van der Waals surface area contributed by atoms with Crippen LogP contribution in [0.15, 0.2) is 36.5 Å². The van der Waals surface area contributed by atoms with E-state index in [4.69, 9.17) is 0 Å². The fourth-order valence-electron chi connectivity index (χ4n) is 3.19. The van der Waals surface area contributed by atoms with Gasteiger partial charge in [0, 0.05) is 19.6 Å². The van der Waals surface area contributed by atoms with E-state index in [1.54, 1.807) is 10.9 Å². The van der Waals surface area contributed by atoms with Crippen molar-refractivity contribution in [3.8, 4) is 0 Å². The predicted molar refractivity (Wildman–Crippen MR) is 100 cm³/mol. The van der Waals surface area contributed by atoms with Gasteiger partial charge in [-0.05, 0) is 18.9 Å². The van der Waals surface area contributed by atoms with Gasteiger partial charge in [-0.2, -0.15) is 5.10 Å². The van der Waals surface area contributed by atoms with Crippen LogP contribution in [0.1, 0.15) is 17.7 Å². The van der Waals surface area contributed by atoms with Crippen LogP contribution < -0.4 is 5.32 Å². The molecule has 2 aromatic rings. The van der Waals surface area contributed by atoms with Crippen LogP contribution in [-0.2, 0) is 28.2 Å². The van der Waals surface area contributed by atoms with Crippen LogP contribution in [0.3, 0.4) is 0 Å². The zero-order chi connectivity index (χ0) is 18.7. The number of carbonyl (C=O) groups excluding carboxylic acids is 1. The lowest BCUT2D eigenvalue weighted by Gasteiger charge is -2.27. The highest BCUT2D eigenvalue weighted by molar-refractivity contribution is 7.91. The van der Waals surface area contributed by atoms with Gasteiger partial charge in [-0.25, -0.2) is 8.42 Å². The van der Waals surface area contributed by atoms with E-state index in [2.05, 4.69) is 10.4 Å². The number of aryl methyl sites for hydroxylation is 1. The average molecular weight is 376 g/mol. The van der Waals surface area contributed by atoms with Crippen LogP contribution in [-0.4, -0.2) is 53.1 Å². The molecule has 7 nitrogen and oxygen atoms in total. The van der Waals surface area contributed by atoms with Crippen molar-refractivity contribution in [2.24, 2.45) is 7.05 Å². The molecule has 0 saturated carbocycles. The maximum Gasteiger partial charge on any atom is 0.238 e. The Morgan fingerprint density at radius 2 is 2.08 bits per heavy atom. The highest BCUT2D eigenvalue weighted by Crippen LogP contribution is 2.20. The third-order valence-corrected chi connectivity index (χ3v) is 6.56. The van der Waals surface area contributed by atoms with Gasteiger partial charge in [-0.3, -0.25) is 14.4 Å². The molecule has 1 aromatic heterocycles. The number of hydrogen-bond acceptors (Lipinski definition) is 5. The van der Waals surface area contributed by atoms with Crippen LogP contribution in [0.25, 0.3) is 0 Å². The first-order valence-corrected chi connectivity index (χ1v) is 10.4. The van der Waals surface area contributed by atoms with Crippen molar-refractivity contribution in [3.63, 3.8) is 0 Å². The Balaban J connectivity index is 1.72. The van der Waals surface area contributed by atoms with Gasteiger partial charge in [-0.15, -0.1) is 0 Å². The van der Waals surface area contributed by atoms with Gasteiger partial charge >= 0.3 is 0 Å². The molecule has 0 spiro atoms. The molecular formula is C18H24N4O3S. The number of aromatic nitrogens is 2. The molecule has 1 aromatic carbocycles. The Morgan fingerprint density at radius 1 is 1.35 bits per heavy atom. The number of rotatable bonds is 6. The van der Waals surface area contributed by atoms with Crippen LogP contribution in [0.2, 0.25) is 0 Å². The Labute approximate surface area is 153 Å². The number of sulfone groups is 1. The van der Waals surface area contributed by atoms with Gasteiger partial charge in [0.2, 0.25) is 5.91 Å². The van der Waals surface area contributed by atoms with Crippen molar-refractivity contribution in [3.05, 3.63) is 47.8 Å². The minimum atomic E-state index is -3.02. The second kappa shape index (κ2) is 7.59. The van der Waals surface area contributed by atoms with Crippen molar-refractivity contribution in [1.82, 2.24) is 14.7 Å². The summed E-state index contributed by atoms with van der Waals surface area (Å²) in [5, 5.41) is 7.00. The van der Waals surface area contributed by atoms with Crippen LogP contribution in [0.5, 0.6) is 0 Å². The molecule has 0 aliphatic carbocycles. The third-order valence-electron chi connectivity index (χ3n) is 4.81. The van der Waals surface area contributed by atoms with Gasteiger partial charge in [0.25, 0.3) is 0 Å². The number of nitrogens with zero attached hydrogens (tertiary/aromatic N) is 3. The second-order valence-corrected chi connectivity index (χ2v) is 8.99. The summed E-state index contributed by atoms with van der Waals surface area (Å²) in [7, 11) is -1.20. The Hall–Kier alpha value is -2.19. The third kappa shape index (κ3) is 4.50. The molecule has 1 aliphatic rings. The lowest BCUT2D eigenvalue weighted by atomic mass is 10.1. The summed E-state index contributed by atoms with van der Waals surface area (Å²) < 4.78 is 25.5. The van der Waals surface area contributed by atoms with Crippen molar-refractivity contribution in [1.29, 1.82) is 0 Å². The number of amides is 1. The van der Waals surface area contributed by atoms with Crippen molar-refractivity contribution >= 4 is 21.4 Å². The number of carbonyl (C=O) groups is 1. The summed E-state index contributed by atoms with van der Waals surface area (Å²) in [4.78, 5) is 14.5. The summed E-state index contributed by atoms with van der Waals surface area (Å²) >= 11 is 0. The molecule has 3 rings (SSSR count). The van der Waals surface area contributed by atoms with Gasteiger partial charge in [0.05, 0.1) is 35.6 Å². The number of anilines is 1. The molecule has 0 bridgehead atoms. The standard InChI is InChI=1S/C18H24N4O3S/c1-14-17(10-19-21(14)2)20-18(23)12-22(11-15-6-4-3-5-7-15)16-8-9-26(24,25)13-16/h3-7,10,16H,8-9,11-13H2,1-2H3,(H,20,23)/t16-/m1/s1. The maximum atomic E-state index is 12.6. The SMILES string of the molecule is Cc1c(NC(=O)CN(Cc2ccccc2)[C@@H]2CCS(=O)(=O)C2)cnn1C. The number of hydrogen-bond donors (Lipinski definition) is 1. The van der Waals surface area contributed by atoms with E-state index in [9.17, 15) is 13.2 Å². The summed E-state index contributed by atoms with van der Waals surface area (Å²) in [6, 6.07) is 9.65. The molecule has 1 fully saturated rings. The minimum Gasteiger partial charge on any atom is -0.322 e. The normalized spacial score (nSPS) is 19.0. The molecular weight excluding hydrogens is 352 g/mol. The van der Waals surface area contributed by atoms with E-state index < -0.39 is 9.84 Å². The molecule has 26 heavy (non-hydrogen) atoms. The monoisotopic (exact) mass is 376 g/mol. The zero-order valence-corrected chi connectivity index (χ0v) is 15.9. The molecule has 1 aliphatic heterocycles. The van der Waals surface area contributed by atoms with E-state index in [1.807, 2.05) is 49.2 Å². The summed E-state index contributed by atoms with van der Waals surface area (Å²) in [5.74, 6) is 0.132. The van der Waals surface area contributed by atoms with Crippen molar-refractivity contribution < 1.29 is 13.2 Å². The van der Waals surface area contributed by atoms with E-state index in [0.717, 1.165) is 11.3 Å². The summed E-state index contributed by atoms with van der Waals surface area (Å²) in [6.45, 7) is 2.57. The Morgan fingerprint density at radius 3 is 2.65 bits per heavy atom. The maximum absolute atomic E-state index is 12.6. The van der Waals surface area contributed by atoms with E-state index >= 15 is 0 Å². The predicted octanol–water partition coefficient (Wildman–Crippen LogP) is 1.36. The molecule has 0 unspecified atom stereocenters. The largest absolute Gasteiger partial charge is 0.322 e. The Bertz CT molecular complexity index is 877. The second-order valence-electron chi connectivity index (χ2n) is 6.76. The average Bonchev–Trinajstić information content (AvgIpc) is 3.12. The minimum absolute atomic E-state index is 0.110. The highest BCUT2D eigenvalue weighted by Gasteiger charge is 2.33. The van der Waals surface area contributed by atoms with Gasteiger partial charge in [0.1, 0.15) is 0 Å². The molecule has 1 N–H and O–H groups in total. The first kappa shape index (κ1) is 18.6. The van der Waals surface area contributed by atoms with Crippen molar-refractivity contribution in [2.45, 2.75) is 25.9 Å². The van der Waals surface area contributed by atoms with Gasteiger partial charge in [-0.1, -0.05) is 30.3 Å². The Kier molecular flexibility index (Phi) is 5.43. The van der Waals surface area contributed by atoms with E-state index in [0.29, 0.717) is 18.7 Å². The molecule has 1 atom stereocenters. The summed E-state index contributed by atoms with van der Waals surface area (Å²) in [5.41, 5.74) is 2.61.